The smallest absolute Gasteiger partial charge is 0.410 e. The minimum atomic E-state index is -1.28. The van der Waals surface area contributed by atoms with Crippen LogP contribution in [-0.4, -0.2) is 76.2 Å². The molecule has 3 N–H and O–H groups in total. The zero-order valence-corrected chi connectivity index (χ0v) is 27.6. The van der Waals surface area contributed by atoms with Gasteiger partial charge in [-0.3, -0.25) is 0 Å². The Bertz CT molecular complexity index is 1250. The Morgan fingerprint density at radius 2 is 1.86 bits per heavy atom. The molecular weight excluding hydrogens is 552 g/mol. The van der Waals surface area contributed by atoms with Crippen molar-refractivity contribution < 1.29 is 24.1 Å². The van der Waals surface area contributed by atoms with E-state index in [1.54, 1.807) is 9.47 Å². The molecule has 0 radical (unpaired) electrons. The van der Waals surface area contributed by atoms with Crippen LogP contribution in [0, 0.1) is 11.3 Å². The summed E-state index contributed by atoms with van der Waals surface area (Å²) in [5.74, 6) is 0.246. The number of ether oxygens (including phenoxy) is 3. The van der Waals surface area contributed by atoms with Crippen LogP contribution in [0.2, 0.25) is 25.7 Å². The van der Waals surface area contributed by atoms with Crippen molar-refractivity contribution in [2.75, 3.05) is 32.0 Å². The zero-order valence-electron chi connectivity index (χ0n) is 26.6. The Morgan fingerprint density at radius 1 is 1.17 bits per heavy atom. The Morgan fingerprint density at radius 3 is 2.45 bits per heavy atom. The van der Waals surface area contributed by atoms with Gasteiger partial charge in [0.1, 0.15) is 35.1 Å². The molecule has 0 saturated carbocycles. The molecule has 12 heteroatoms. The van der Waals surface area contributed by atoms with Crippen molar-refractivity contribution in [3.05, 3.63) is 11.3 Å². The number of hydrogen-bond acceptors (Lipinski definition) is 9. The molecule has 234 valence electrons. The topological polar surface area (TPSA) is 149 Å². The maximum atomic E-state index is 12.5. The molecule has 0 atom stereocenters. The molecule has 1 amide bonds. The lowest BCUT2D eigenvalue weighted by Crippen LogP contribution is -2.48. The molecule has 2 aromatic heterocycles. The van der Waals surface area contributed by atoms with Gasteiger partial charge in [-0.1, -0.05) is 33.0 Å². The van der Waals surface area contributed by atoms with E-state index < -0.39 is 19.3 Å². The van der Waals surface area contributed by atoms with Crippen molar-refractivity contribution in [3.63, 3.8) is 0 Å². The van der Waals surface area contributed by atoms with Gasteiger partial charge in [-0.15, -0.1) is 0 Å². The summed E-state index contributed by atoms with van der Waals surface area (Å²) in [5, 5.41) is 21.6. The van der Waals surface area contributed by atoms with Crippen molar-refractivity contribution in [3.8, 4) is 12.1 Å². The number of nitrogens with zero attached hydrogens (tertiary/aromatic N) is 5. The number of aliphatic hydroxyl groups is 1. The molecule has 42 heavy (non-hydrogen) atoms. The van der Waals surface area contributed by atoms with Crippen molar-refractivity contribution in [2.24, 2.45) is 0 Å². The summed E-state index contributed by atoms with van der Waals surface area (Å²) in [7, 11) is -1.28. The number of anilines is 1. The average molecular weight is 603 g/mol. The third-order valence-electron chi connectivity index (χ3n) is 7.47. The second-order valence-corrected chi connectivity index (χ2v) is 19.2. The van der Waals surface area contributed by atoms with E-state index in [0.717, 1.165) is 24.4 Å². The van der Waals surface area contributed by atoms with E-state index in [1.807, 2.05) is 20.8 Å². The predicted molar refractivity (Wildman–Crippen MR) is 166 cm³/mol. The normalized spacial score (nSPS) is 15.5. The first kappa shape index (κ1) is 33.6. The number of fused-ring (bicyclic) bond motifs is 1. The molecular formula is C30H50N6O5Si. The number of aryl methyl sites for hydroxylation is 1. The van der Waals surface area contributed by atoms with E-state index in [0.29, 0.717) is 75.1 Å². The molecule has 3 heterocycles. The highest BCUT2D eigenvalue weighted by Crippen LogP contribution is 2.33. The Balaban J connectivity index is 1.78. The molecule has 1 aliphatic heterocycles. The highest BCUT2D eigenvalue weighted by Gasteiger charge is 2.35. The number of likely N-dealkylation sites (tertiary alicyclic amines) is 1. The van der Waals surface area contributed by atoms with Crippen LogP contribution >= 0.6 is 0 Å². The number of unbranched alkanes of at least 4 members (excludes halogenated alkanes) is 1. The van der Waals surface area contributed by atoms with E-state index in [1.165, 1.54) is 0 Å². The van der Waals surface area contributed by atoms with Crippen LogP contribution in [0.3, 0.4) is 0 Å². The van der Waals surface area contributed by atoms with Gasteiger partial charge in [-0.2, -0.15) is 15.2 Å². The first-order chi connectivity index (χ1) is 19.7. The van der Waals surface area contributed by atoms with Crippen LogP contribution in [0.5, 0.6) is 6.01 Å². The summed E-state index contributed by atoms with van der Waals surface area (Å²) in [4.78, 5) is 23.2. The van der Waals surface area contributed by atoms with E-state index >= 15 is 0 Å². The quantitative estimate of drug-likeness (QED) is 0.225. The highest BCUT2D eigenvalue weighted by atomic mass is 28.3. The molecule has 3 rings (SSSR count). The lowest BCUT2D eigenvalue weighted by atomic mass is 9.86. The molecule has 1 aliphatic rings. The first-order valence-corrected chi connectivity index (χ1v) is 18.9. The molecule has 0 aromatic carbocycles. The summed E-state index contributed by atoms with van der Waals surface area (Å²) in [6.45, 7) is 16.6. The number of aromatic nitrogens is 3. The minimum absolute atomic E-state index is 0.178. The fourth-order valence-corrected chi connectivity index (χ4v) is 5.75. The van der Waals surface area contributed by atoms with Gasteiger partial charge < -0.3 is 34.5 Å². The third-order valence-corrected chi connectivity index (χ3v) is 9.17. The molecule has 11 nitrogen and oxygen atoms in total. The summed E-state index contributed by atoms with van der Waals surface area (Å²) < 4.78 is 19.1. The second kappa shape index (κ2) is 14.1. The number of carbonyl (C=O) groups excluding carboxylic acids is 1. The largest absolute Gasteiger partial charge is 0.463 e. The van der Waals surface area contributed by atoms with Crippen molar-refractivity contribution >= 4 is 31.0 Å². The molecule has 1 saturated heterocycles. The van der Waals surface area contributed by atoms with Crippen LogP contribution in [0.4, 0.5) is 10.6 Å². The molecule has 0 aliphatic carbocycles. The van der Waals surface area contributed by atoms with E-state index in [-0.39, 0.29) is 24.7 Å². The van der Waals surface area contributed by atoms with E-state index in [4.69, 9.17) is 24.9 Å². The highest BCUT2D eigenvalue weighted by molar-refractivity contribution is 6.76. The number of amides is 1. The van der Waals surface area contributed by atoms with Gasteiger partial charge in [-0.05, 0) is 65.3 Å². The molecule has 0 spiro atoms. The Hall–Kier alpha value is -2.88. The van der Waals surface area contributed by atoms with Crippen molar-refractivity contribution in [1.82, 2.24) is 19.4 Å². The maximum absolute atomic E-state index is 12.5. The van der Waals surface area contributed by atoms with Gasteiger partial charge in [0.05, 0.1) is 12.2 Å². The monoisotopic (exact) mass is 602 g/mol. The van der Waals surface area contributed by atoms with E-state index in [2.05, 4.69) is 37.6 Å². The van der Waals surface area contributed by atoms with E-state index in [9.17, 15) is 15.2 Å². The number of rotatable bonds is 13. The second-order valence-electron chi connectivity index (χ2n) is 13.6. The van der Waals surface area contributed by atoms with Crippen LogP contribution in [0.25, 0.3) is 11.0 Å². The summed E-state index contributed by atoms with van der Waals surface area (Å²) in [5.41, 5.74) is 7.32. The average Bonchev–Trinajstić information content (AvgIpc) is 3.18. The van der Waals surface area contributed by atoms with Gasteiger partial charge in [0.15, 0.2) is 5.82 Å². The van der Waals surface area contributed by atoms with Crippen LogP contribution in [0.15, 0.2) is 0 Å². The van der Waals surface area contributed by atoms with Gasteiger partial charge in [0.2, 0.25) is 0 Å². The lowest BCUT2D eigenvalue weighted by Gasteiger charge is -2.38. The fourth-order valence-electron chi connectivity index (χ4n) is 4.99. The summed E-state index contributed by atoms with van der Waals surface area (Å²) >= 11 is 0. The first-order valence-electron chi connectivity index (χ1n) is 15.2. The van der Waals surface area contributed by atoms with Crippen LogP contribution in [-0.2, 0) is 22.6 Å². The van der Waals surface area contributed by atoms with Gasteiger partial charge in [-0.25, -0.2) is 4.79 Å². The number of nitrogen functional groups attached to an aromatic ring is 1. The van der Waals surface area contributed by atoms with Crippen LogP contribution in [0.1, 0.15) is 77.5 Å². The number of nitrogens with two attached hydrogens (primary N) is 1. The van der Waals surface area contributed by atoms with Gasteiger partial charge in [0, 0.05) is 33.3 Å². The lowest BCUT2D eigenvalue weighted by molar-refractivity contribution is -0.0374. The molecule has 0 unspecified atom stereocenters. The van der Waals surface area contributed by atoms with Crippen LogP contribution < -0.4 is 10.5 Å². The third kappa shape index (κ3) is 9.31. The maximum Gasteiger partial charge on any atom is 0.410 e. The predicted octanol–water partition coefficient (Wildman–Crippen LogP) is 5.46. The number of piperidine rings is 1. The van der Waals surface area contributed by atoms with Crippen molar-refractivity contribution in [2.45, 2.75) is 116 Å². The summed E-state index contributed by atoms with van der Waals surface area (Å²) in [6.07, 6.45) is 4.10. The van der Waals surface area contributed by atoms with Gasteiger partial charge >= 0.3 is 12.1 Å². The molecule has 1 fully saturated rings. The molecule has 0 bridgehead atoms. The SMILES string of the molecule is CCCCOc1nc(N)c2c(n1)c(CCCC1(O)CCN(C(=O)OC(C)(C)C)CC1)c(C#N)n2COCC[Si](C)(C)C. The minimum Gasteiger partial charge on any atom is -0.463 e. The fraction of sp³-hybridized carbons (Fsp3) is 0.733. The molecule has 2 aromatic rings. The zero-order chi connectivity index (χ0) is 31.1. The Kier molecular flexibility index (Phi) is 11.3. The number of hydrogen-bond donors (Lipinski definition) is 2. The van der Waals surface area contributed by atoms with Crippen molar-refractivity contribution in [1.29, 1.82) is 5.26 Å². The Labute approximate surface area is 251 Å². The number of carbonyl (C=O) groups is 1. The standard InChI is InChI=1S/C30H50N6O5Si/c1-8-9-17-40-27-33-24-22(11-10-12-30(38)13-15-35(16-14-30)28(37)41-29(2,3)4)23(20-31)36(25(24)26(32)34-27)21-39-18-19-42(5,6)7/h38H,8-19,21H2,1-7H3,(H2,32,33,34). The number of nitriles is 1. The van der Waals surface area contributed by atoms with Gasteiger partial charge in [0.25, 0.3) is 0 Å². The summed E-state index contributed by atoms with van der Waals surface area (Å²) in [6, 6.07) is 3.56.